The minimum Gasteiger partial charge on any atom is -0.329 e. The fourth-order valence-corrected chi connectivity index (χ4v) is 3.58. The average Bonchev–Trinajstić information content (AvgIpc) is 2.90. The summed E-state index contributed by atoms with van der Waals surface area (Å²) in [6.07, 6.45) is 0. The molecule has 20 heavy (non-hydrogen) atoms. The zero-order valence-corrected chi connectivity index (χ0v) is 13.7. The van der Waals surface area contributed by atoms with Crippen LogP contribution in [0.3, 0.4) is 0 Å². The number of hydrogen-bond acceptors (Lipinski definition) is 3. The first-order valence-electron chi connectivity index (χ1n) is 6.56. The number of rotatable bonds is 6. The summed E-state index contributed by atoms with van der Waals surface area (Å²) in [5.74, 6) is 0. The molecule has 1 atom stereocenters. The van der Waals surface area contributed by atoms with Gasteiger partial charge in [-0.3, -0.25) is 4.90 Å². The molecule has 0 aliphatic carbocycles. The Morgan fingerprint density at radius 3 is 2.45 bits per heavy atom. The molecule has 0 spiro atoms. The zero-order chi connectivity index (χ0) is 14.5. The van der Waals surface area contributed by atoms with Gasteiger partial charge in [0.05, 0.1) is 0 Å². The van der Waals surface area contributed by atoms with Crippen molar-refractivity contribution in [2.75, 3.05) is 13.1 Å². The Bertz CT molecular complexity index is 523. The number of likely N-dealkylation sites (N-methyl/N-ethyl adjacent to an activating group) is 1. The molecule has 2 aromatic rings. The molecule has 0 aliphatic heterocycles. The fourth-order valence-electron chi connectivity index (χ4n) is 2.31. The summed E-state index contributed by atoms with van der Waals surface area (Å²) in [6, 6.07) is 9.98. The van der Waals surface area contributed by atoms with Gasteiger partial charge in [-0.05, 0) is 41.8 Å². The van der Waals surface area contributed by atoms with E-state index in [-0.39, 0.29) is 6.04 Å². The molecule has 0 amide bonds. The van der Waals surface area contributed by atoms with Crippen molar-refractivity contribution in [1.82, 2.24) is 4.90 Å². The van der Waals surface area contributed by atoms with E-state index in [0.29, 0.717) is 16.6 Å². The van der Waals surface area contributed by atoms with Crippen LogP contribution in [0.1, 0.15) is 23.4 Å². The maximum atomic E-state index is 6.10. The summed E-state index contributed by atoms with van der Waals surface area (Å²) in [5.41, 5.74) is 7.06. The predicted octanol–water partition coefficient (Wildman–Crippen LogP) is 4.58. The summed E-state index contributed by atoms with van der Waals surface area (Å²) in [6.45, 7) is 4.49. The number of benzene rings is 1. The summed E-state index contributed by atoms with van der Waals surface area (Å²) < 4.78 is 0. The van der Waals surface area contributed by atoms with E-state index in [1.807, 2.05) is 12.1 Å². The first-order valence-corrected chi connectivity index (χ1v) is 8.20. The smallest absolute Gasteiger partial charge is 0.0475 e. The molecule has 108 valence electrons. The first kappa shape index (κ1) is 15.8. The molecule has 0 fully saturated rings. The lowest BCUT2D eigenvalue weighted by Crippen LogP contribution is -2.33. The summed E-state index contributed by atoms with van der Waals surface area (Å²) in [5, 5.41) is 3.40. The largest absolute Gasteiger partial charge is 0.329 e. The minimum atomic E-state index is 0.123. The Morgan fingerprint density at radius 1 is 1.25 bits per heavy atom. The second kappa shape index (κ2) is 7.43. The Hall–Kier alpha value is -0.580. The van der Waals surface area contributed by atoms with Crippen LogP contribution in [-0.4, -0.2) is 18.0 Å². The molecule has 1 aromatic heterocycles. The standard InChI is InChI=1S/C15H18Cl2N2S/c1-2-19(10-14-4-3-5-20-14)15(9-18)11-6-12(16)8-13(17)7-11/h3-8,15H,2,9-10,18H2,1H3. The third-order valence-electron chi connectivity index (χ3n) is 3.28. The number of nitrogens with zero attached hydrogens (tertiary/aromatic N) is 1. The van der Waals surface area contributed by atoms with Gasteiger partial charge >= 0.3 is 0 Å². The van der Waals surface area contributed by atoms with Crippen molar-refractivity contribution in [3.8, 4) is 0 Å². The number of halogens is 2. The number of nitrogens with two attached hydrogens (primary N) is 1. The van der Waals surface area contributed by atoms with Gasteiger partial charge in [0.15, 0.2) is 0 Å². The van der Waals surface area contributed by atoms with Gasteiger partial charge < -0.3 is 5.73 Å². The summed E-state index contributed by atoms with van der Waals surface area (Å²) in [7, 11) is 0. The highest BCUT2D eigenvalue weighted by Crippen LogP contribution is 2.28. The van der Waals surface area contributed by atoms with Crippen molar-refractivity contribution in [1.29, 1.82) is 0 Å². The van der Waals surface area contributed by atoms with E-state index in [1.165, 1.54) is 4.88 Å². The van der Waals surface area contributed by atoms with Crippen LogP contribution < -0.4 is 5.73 Å². The van der Waals surface area contributed by atoms with Gasteiger partial charge in [0.25, 0.3) is 0 Å². The normalized spacial score (nSPS) is 12.8. The third kappa shape index (κ3) is 3.96. The van der Waals surface area contributed by atoms with Gasteiger partial charge in [0, 0.05) is 34.1 Å². The van der Waals surface area contributed by atoms with Crippen molar-refractivity contribution in [2.24, 2.45) is 5.73 Å². The molecule has 1 heterocycles. The van der Waals surface area contributed by atoms with Crippen LogP contribution >= 0.6 is 34.5 Å². The maximum Gasteiger partial charge on any atom is 0.0475 e. The monoisotopic (exact) mass is 328 g/mol. The van der Waals surface area contributed by atoms with Crippen LogP contribution in [0.5, 0.6) is 0 Å². The topological polar surface area (TPSA) is 29.3 Å². The number of hydrogen-bond donors (Lipinski definition) is 1. The number of thiophene rings is 1. The van der Waals surface area contributed by atoms with Gasteiger partial charge in [-0.2, -0.15) is 0 Å². The van der Waals surface area contributed by atoms with Crippen LogP contribution in [0.15, 0.2) is 35.7 Å². The van der Waals surface area contributed by atoms with Gasteiger partial charge in [-0.25, -0.2) is 0 Å². The Morgan fingerprint density at radius 2 is 1.95 bits per heavy atom. The molecular formula is C15H18Cl2N2S. The first-order chi connectivity index (χ1) is 9.63. The molecule has 5 heteroatoms. The lowest BCUT2D eigenvalue weighted by molar-refractivity contribution is 0.205. The van der Waals surface area contributed by atoms with Crippen LogP contribution in [0.25, 0.3) is 0 Å². The molecule has 2 nitrogen and oxygen atoms in total. The van der Waals surface area contributed by atoms with E-state index in [9.17, 15) is 0 Å². The van der Waals surface area contributed by atoms with Crippen LogP contribution in [0.2, 0.25) is 10.0 Å². The van der Waals surface area contributed by atoms with Crippen LogP contribution in [0, 0.1) is 0 Å². The highest BCUT2D eigenvalue weighted by molar-refractivity contribution is 7.09. The van der Waals surface area contributed by atoms with Crippen molar-refractivity contribution in [2.45, 2.75) is 19.5 Å². The molecule has 1 aromatic carbocycles. The Balaban J connectivity index is 2.24. The lowest BCUT2D eigenvalue weighted by Gasteiger charge is -2.30. The molecule has 0 bridgehead atoms. The van der Waals surface area contributed by atoms with E-state index in [4.69, 9.17) is 28.9 Å². The van der Waals surface area contributed by atoms with E-state index < -0.39 is 0 Å². The highest BCUT2D eigenvalue weighted by atomic mass is 35.5. The molecule has 0 saturated carbocycles. The molecule has 1 unspecified atom stereocenters. The molecule has 2 N–H and O–H groups in total. The quantitative estimate of drug-likeness (QED) is 0.841. The zero-order valence-electron chi connectivity index (χ0n) is 11.4. The van der Waals surface area contributed by atoms with E-state index >= 15 is 0 Å². The van der Waals surface area contributed by atoms with Gasteiger partial charge in [0.2, 0.25) is 0 Å². The van der Waals surface area contributed by atoms with Gasteiger partial charge in [-0.15, -0.1) is 11.3 Å². The fraction of sp³-hybridized carbons (Fsp3) is 0.333. The molecular weight excluding hydrogens is 311 g/mol. The lowest BCUT2D eigenvalue weighted by atomic mass is 10.1. The molecule has 2 rings (SSSR count). The van der Waals surface area contributed by atoms with Gasteiger partial charge in [0.1, 0.15) is 0 Å². The highest BCUT2D eigenvalue weighted by Gasteiger charge is 2.19. The van der Waals surface area contributed by atoms with Crippen molar-refractivity contribution < 1.29 is 0 Å². The predicted molar refractivity (Wildman–Crippen MR) is 88.7 cm³/mol. The van der Waals surface area contributed by atoms with Crippen molar-refractivity contribution >= 4 is 34.5 Å². The summed E-state index contributed by atoms with van der Waals surface area (Å²) >= 11 is 14.0. The van der Waals surface area contributed by atoms with Crippen LogP contribution in [0.4, 0.5) is 0 Å². The average molecular weight is 329 g/mol. The second-order valence-corrected chi connectivity index (χ2v) is 6.50. The molecule has 0 aliphatic rings. The Kier molecular flexibility index (Phi) is 5.87. The van der Waals surface area contributed by atoms with Gasteiger partial charge in [-0.1, -0.05) is 36.2 Å². The van der Waals surface area contributed by atoms with Crippen molar-refractivity contribution in [3.05, 3.63) is 56.2 Å². The second-order valence-electron chi connectivity index (χ2n) is 4.60. The maximum absolute atomic E-state index is 6.10. The van der Waals surface area contributed by atoms with E-state index in [2.05, 4.69) is 29.3 Å². The third-order valence-corrected chi connectivity index (χ3v) is 4.58. The van der Waals surface area contributed by atoms with Crippen molar-refractivity contribution in [3.63, 3.8) is 0 Å². The molecule has 0 saturated heterocycles. The molecule has 0 radical (unpaired) electrons. The van der Waals surface area contributed by atoms with E-state index in [1.54, 1.807) is 17.4 Å². The minimum absolute atomic E-state index is 0.123. The van der Waals surface area contributed by atoms with E-state index in [0.717, 1.165) is 18.7 Å². The SMILES string of the molecule is CCN(Cc1cccs1)C(CN)c1cc(Cl)cc(Cl)c1. The summed E-state index contributed by atoms with van der Waals surface area (Å²) in [4.78, 5) is 3.67. The van der Waals surface area contributed by atoms with Crippen LogP contribution in [-0.2, 0) is 6.54 Å². The Labute approximate surface area is 134 Å².